The molecule has 0 heterocycles. The lowest BCUT2D eigenvalue weighted by atomic mass is 9.91. The second-order valence-electron chi connectivity index (χ2n) is 8.60. The smallest absolute Gasteiger partial charge is 0.156 e. The molecule has 0 aromatic carbocycles. The molecule has 0 aliphatic heterocycles. The molecule has 4 nitrogen and oxygen atoms in total. The van der Waals surface area contributed by atoms with Gasteiger partial charge < -0.3 is 20.4 Å². The molecule has 0 aromatic heterocycles. The van der Waals surface area contributed by atoms with Crippen LogP contribution in [-0.4, -0.2) is 39.4 Å². The molecular weight excluding hydrogens is 352 g/mol. The summed E-state index contributed by atoms with van der Waals surface area (Å²) in [6.45, 7) is 2.54. The first-order valence-corrected chi connectivity index (χ1v) is 12.3. The van der Waals surface area contributed by atoms with Crippen LogP contribution in [0.4, 0.5) is 0 Å². The van der Waals surface area contributed by atoms with E-state index < -0.39 is 18.3 Å². The van der Waals surface area contributed by atoms with Gasteiger partial charge in [-0.1, -0.05) is 110 Å². The average molecular weight is 403 g/mol. The molecule has 0 aliphatic rings. The average Bonchev–Trinajstić information content (AvgIpc) is 2.67. The molecule has 0 saturated carbocycles. The third-order valence-electron chi connectivity index (χ3n) is 5.93. The van der Waals surface area contributed by atoms with E-state index in [4.69, 9.17) is 5.11 Å². The van der Waals surface area contributed by atoms with Crippen molar-refractivity contribution in [3.8, 4) is 0 Å². The van der Waals surface area contributed by atoms with Gasteiger partial charge in [-0.25, -0.2) is 0 Å². The standard InChI is InChI=1S/C24H50O4/c1-2-3-4-5-6-10-13-16-19-22(24(27)28)23(26)20-17-14-11-8-7-9-12-15-18-21-25/h22-28H,2-21H2,1H3. The van der Waals surface area contributed by atoms with Crippen molar-refractivity contribution in [1.29, 1.82) is 0 Å². The Kier molecular flexibility index (Phi) is 21.4. The highest BCUT2D eigenvalue weighted by atomic mass is 16.5. The SMILES string of the molecule is CCCCCCCCCCC(C(O)O)C(O)CCCCCCCCCCCO. The zero-order chi connectivity index (χ0) is 20.9. The van der Waals surface area contributed by atoms with E-state index in [9.17, 15) is 15.3 Å². The van der Waals surface area contributed by atoms with Crippen LogP contribution in [0.1, 0.15) is 129 Å². The summed E-state index contributed by atoms with van der Waals surface area (Å²) in [7, 11) is 0. The summed E-state index contributed by atoms with van der Waals surface area (Å²) in [4.78, 5) is 0. The van der Waals surface area contributed by atoms with Crippen LogP contribution < -0.4 is 0 Å². The summed E-state index contributed by atoms with van der Waals surface area (Å²) >= 11 is 0. The van der Waals surface area contributed by atoms with Gasteiger partial charge in [-0.2, -0.15) is 0 Å². The van der Waals surface area contributed by atoms with Gasteiger partial charge in [0.15, 0.2) is 6.29 Å². The van der Waals surface area contributed by atoms with E-state index in [0.29, 0.717) is 19.4 Å². The van der Waals surface area contributed by atoms with E-state index in [2.05, 4.69) is 6.92 Å². The second kappa shape index (κ2) is 21.5. The Balaban J connectivity index is 3.64. The maximum absolute atomic E-state index is 10.4. The Morgan fingerprint density at radius 3 is 1.32 bits per heavy atom. The molecule has 0 rings (SSSR count). The molecule has 0 fully saturated rings. The molecular formula is C24H50O4. The number of rotatable bonds is 22. The fourth-order valence-electron chi connectivity index (χ4n) is 3.97. The lowest BCUT2D eigenvalue weighted by molar-refractivity contribution is -0.122. The molecule has 0 saturated heterocycles. The first-order valence-electron chi connectivity index (χ1n) is 12.3. The fraction of sp³-hybridized carbons (Fsp3) is 1.00. The minimum Gasteiger partial charge on any atom is -0.396 e. The molecule has 0 aliphatic carbocycles. The molecule has 28 heavy (non-hydrogen) atoms. The Labute approximate surface area is 174 Å². The van der Waals surface area contributed by atoms with Gasteiger partial charge in [-0.05, 0) is 19.3 Å². The summed E-state index contributed by atoms with van der Waals surface area (Å²) in [5.74, 6) is -0.397. The summed E-state index contributed by atoms with van der Waals surface area (Å²) in [5.41, 5.74) is 0. The lowest BCUT2D eigenvalue weighted by Crippen LogP contribution is -2.31. The summed E-state index contributed by atoms with van der Waals surface area (Å²) < 4.78 is 0. The predicted molar refractivity (Wildman–Crippen MR) is 118 cm³/mol. The van der Waals surface area contributed by atoms with Crippen LogP contribution in [0.5, 0.6) is 0 Å². The Morgan fingerprint density at radius 2 is 0.893 bits per heavy atom. The van der Waals surface area contributed by atoms with Gasteiger partial charge in [0.1, 0.15) is 0 Å². The highest BCUT2D eigenvalue weighted by Gasteiger charge is 2.24. The lowest BCUT2D eigenvalue weighted by Gasteiger charge is -2.24. The highest BCUT2D eigenvalue weighted by Crippen LogP contribution is 2.22. The molecule has 0 bridgehead atoms. The topological polar surface area (TPSA) is 80.9 Å². The maximum Gasteiger partial charge on any atom is 0.156 e. The number of aliphatic hydroxyl groups is 4. The quantitative estimate of drug-likeness (QED) is 0.138. The highest BCUT2D eigenvalue weighted by molar-refractivity contribution is 4.71. The van der Waals surface area contributed by atoms with Crippen LogP contribution in [0.15, 0.2) is 0 Å². The van der Waals surface area contributed by atoms with Crippen molar-refractivity contribution < 1.29 is 20.4 Å². The molecule has 4 N–H and O–H groups in total. The molecule has 0 radical (unpaired) electrons. The number of unbranched alkanes of at least 4 members (excludes halogenated alkanes) is 15. The van der Waals surface area contributed by atoms with Crippen LogP contribution in [0.2, 0.25) is 0 Å². The van der Waals surface area contributed by atoms with Gasteiger partial charge in [0.25, 0.3) is 0 Å². The molecule has 0 aromatic rings. The minimum absolute atomic E-state index is 0.310. The van der Waals surface area contributed by atoms with Crippen molar-refractivity contribution >= 4 is 0 Å². The molecule has 170 valence electrons. The van der Waals surface area contributed by atoms with Crippen molar-refractivity contribution in [2.45, 2.75) is 141 Å². The van der Waals surface area contributed by atoms with E-state index in [0.717, 1.165) is 38.5 Å². The van der Waals surface area contributed by atoms with Crippen molar-refractivity contribution in [3.05, 3.63) is 0 Å². The third-order valence-corrected chi connectivity index (χ3v) is 5.93. The van der Waals surface area contributed by atoms with E-state index in [-0.39, 0.29) is 0 Å². The minimum atomic E-state index is -1.40. The third kappa shape index (κ3) is 17.9. The number of hydrogen-bond acceptors (Lipinski definition) is 4. The van der Waals surface area contributed by atoms with Crippen molar-refractivity contribution in [2.24, 2.45) is 5.92 Å². The normalized spacial score (nSPS) is 13.9. The summed E-state index contributed by atoms with van der Waals surface area (Å²) in [5, 5.41) is 38.3. The van der Waals surface area contributed by atoms with Gasteiger partial charge in [0, 0.05) is 12.5 Å². The Morgan fingerprint density at radius 1 is 0.500 bits per heavy atom. The predicted octanol–water partition coefficient (Wildman–Crippen LogP) is 5.70. The first kappa shape index (κ1) is 27.8. The van der Waals surface area contributed by atoms with E-state index in [1.807, 2.05) is 0 Å². The fourth-order valence-corrected chi connectivity index (χ4v) is 3.97. The van der Waals surface area contributed by atoms with Crippen LogP contribution >= 0.6 is 0 Å². The van der Waals surface area contributed by atoms with E-state index in [1.54, 1.807) is 0 Å². The van der Waals surface area contributed by atoms with Gasteiger partial charge in [0.05, 0.1) is 6.10 Å². The second-order valence-corrected chi connectivity index (χ2v) is 8.60. The monoisotopic (exact) mass is 402 g/mol. The number of aliphatic hydroxyl groups excluding tert-OH is 3. The summed E-state index contributed by atoms with van der Waals surface area (Å²) in [6, 6.07) is 0. The Hall–Kier alpha value is -0.160. The van der Waals surface area contributed by atoms with Crippen molar-refractivity contribution in [1.82, 2.24) is 0 Å². The zero-order valence-electron chi connectivity index (χ0n) is 18.7. The van der Waals surface area contributed by atoms with Gasteiger partial charge in [-0.15, -0.1) is 0 Å². The zero-order valence-corrected chi connectivity index (χ0v) is 18.7. The van der Waals surface area contributed by atoms with Gasteiger partial charge in [0.2, 0.25) is 0 Å². The van der Waals surface area contributed by atoms with Crippen molar-refractivity contribution in [2.75, 3.05) is 6.61 Å². The Bertz CT molecular complexity index is 296. The largest absolute Gasteiger partial charge is 0.396 e. The van der Waals surface area contributed by atoms with Gasteiger partial charge >= 0.3 is 0 Å². The van der Waals surface area contributed by atoms with Gasteiger partial charge in [-0.3, -0.25) is 0 Å². The van der Waals surface area contributed by atoms with Crippen molar-refractivity contribution in [3.63, 3.8) is 0 Å². The van der Waals surface area contributed by atoms with Crippen LogP contribution in [-0.2, 0) is 0 Å². The molecule has 2 unspecified atom stereocenters. The molecule has 2 atom stereocenters. The first-order chi connectivity index (χ1) is 13.6. The summed E-state index contributed by atoms with van der Waals surface area (Å²) in [6.07, 6.45) is 19.5. The van der Waals surface area contributed by atoms with Crippen LogP contribution in [0, 0.1) is 5.92 Å². The maximum atomic E-state index is 10.4. The van der Waals surface area contributed by atoms with Crippen LogP contribution in [0.3, 0.4) is 0 Å². The molecule has 4 heteroatoms. The molecule has 0 spiro atoms. The van der Waals surface area contributed by atoms with E-state index >= 15 is 0 Å². The van der Waals surface area contributed by atoms with Crippen LogP contribution in [0.25, 0.3) is 0 Å². The number of hydrogen-bond donors (Lipinski definition) is 4. The molecule has 0 amide bonds. The van der Waals surface area contributed by atoms with E-state index in [1.165, 1.54) is 70.6 Å².